The van der Waals surface area contributed by atoms with Crippen molar-refractivity contribution in [3.05, 3.63) is 29.8 Å². The van der Waals surface area contributed by atoms with Gasteiger partial charge >= 0.3 is 5.97 Å². The molecule has 0 spiro atoms. The summed E-state index contributed by atoms with van der Waals surface area (Å²) in [5.41, 5.74) is 1.05. The van der Waals surface area contributed by atoms with Gasteiger partial charge in [0, 0.05) is 18.9 Å². The van der Waals surface area contributed by atoms with Gasteiger partial charge in [0.15, 0.2) is 0 Å². The van der Waals surface area contributed by atoms with Gasteiger partial charge in [0.25, 0.3) is 0 Å². The van der Waals surface area contributed by atoms with Crippen molar-refractivity contribution < 1.29 is 19.1 Å². The third kappa shape index (κ3) is 3.87. The van der Waals surface area contributed by atoms with Crippen molar-refractivity contribution in [3.63, 3.8) is 0 Å². The van der Waals surface area contributed by atoms with Crippen LogP contribution in [0, 0.1) is 5.92 Å². The van der Waals surface area contributed by atoms with Gasteiger partial charge in [-0.3, -0.25) is 14.5 Å². The molecular formula is C18H24N2O4. The second kappa shape index (κ2) is 7.66. The molecule has 6 nitrogen and oxygen atoms in total. The van der Waals surface area contributed by atoms with E-state index in [-0.39, 0.29) is 23.8 Å². The number of carbonyl (C=O) groups is 2. The van der Waals surface area contributed by atoms with Gasteiger partial charge in [0.2, 0.25) is 5.91 Å². The highest BCUT2D eigenvalue weighted by atomic mass is 16.5. The van der Waals surface area contributed by atoms with Gasteiger partial charge in [-0.05, 0) is 43.6 Å². The lowest BCUT2D eigenvalue weighted by Crippen LogP contribution is -2.46. The fourth-order valence-electron chi connectivity index (χ4n) is 3.37. The highest BCUT2D eigenvalue weighted by Crippen LogP contribution is 2.23. The van der Waals surface area contributed by atoms with Crippen molar-refractivity contribution in [2.24, 2.45) is 5.92 Å². The van der Waals surface area contributed by atoms with E-state index in [9.17, 15) is 9.59 Å². The molecule has 24 heavy (non-hydrogen) atoms. The summed E-state index contributed by atoms with van der Waals surface area (Å²) in [4.78, 5) is 26.1. The Kier molecular flexibility index (Phi) is 5.35. The van der Waals surface area contributed by atoms with E-state index in [2.05, 4.69) is 10.2 Å². The zero-order chi connectivity index (χ0) is 16.9. The quantitative estimate of drug-likeness (QED) is 0.824. The Hall–Kier alpha value is -2.08. The number of amides is 1. The summed E-state index contributed by atoms with van der Waals surface area (Å²) in [5, 5.41) is 3.01. The minimum Gasteiger partial charge on any atom is -0.497 e. The molecule has 0 aliphatic carbocycles. The van der Waals surface area contributed by atoms with Crippen LogP contribution in [-0.2, 0) is 20.9 Å². The van der Waals surface area contributed by atoms with Crippen molar-refractivity contribution in [1.29, 1.82) is 0 Å². The molecule has 2 aliphatic rings. The van der Waals surface area contributed by atoms with Crippen LogP contribution in [-0.4, -0.2) is 49.6 Å². The first kappa shape index (κ1) is 16.8. The third-order valence-corrected chi connectivity index (χ3v) is 4.87. The summed E-state index contributed by atoms with van der Waals surface area (Å²) in [5.74, 6) is 0.816. The smallest absolute Gasteiger partial charge is 0.323 e. The Morgan fingerprint density at radius 2 is 1.96 bits per heavy atom. The van der Waals surface area contributed by atoms with Crippen LogP contribution < -0.4 is 10.1 Å². The fourth-order valence-corrected chi connectivity index (χ4v) is 3.37. The summed E-state index contributed by atoms with van der Waals surface area (Å²) < 4.78 is 10.2. The molecule has 1 aromatic rings. The molecule has 6 heteroatoms. The van der Waals surface area contributed by atoms with Gasteiger partial charge < -0.3 is 14.8 Å². The molecule has 0 saturated carbocycles. The number of benzene rings is 1. The predicted octanol–water partition coefficient (Wildman–Crippen LogP) is 1.34. The largest absolute Gasteiger partial charge is 0.497 e. The maximum Gasteiger partial charge on any atom is 0.323 e. The van der Waals surface area contributed by atoms with Crippen LogP contribution in [0.4, 0.5) is 0 Å². The molecule has 1 atom stereocenters. The number of methoxy groups -OCH3 is 1. The van der Waals surface area contributed by atoms with Crippen LogP contribution >= 0.6 is 0 Å². The van der Waals surface area contributed by atoms with E-state index in [4.69, 9.17) is 9.47 Å². The molecule has 0 radical (unpaired) electrons. The topological polar surface area (TPSA) is 67.9 Å². The molecule has 1 aromatic carbocycles. The van der Waals surface area contributed by atoms with E-state index in [1.54, 1.807) is 7.11 Å². The van der Waals surface area contributed by atoms with Gasteiger partial charge in [-0.15, -0.1) is 0 Å². The predicted molar refractivity (Wildman–Crippen MR) is 88.5 cm³/mol. The van der Waals surface area contributed by atoms with Crippen LogP contribution in [0.1, 0.15) is 24.8 Å². The van der Waals surface area contributed by atoms with Gasteiger partial charge in [-0.25, -0.2) is 0 Å². The molecule has 0 aromatic heterocycles. The Morgan fingerprint density at radius 3 is 2.54 bits per heavy atom. The normalized spacial score (nSPS) is 22.2. The molecule has 2 heterocycles. The maximum absolute atomic E-state index is 12.3. The minimum atomic E-state index is -0.114. The lowest BCUT2D eigenvalue weighted by atomic mass is 9.94. The average Bonchev–Trinajstić information content (AvgIpc) is 3.06. The van der Waals surface area contributed by atoms with Gasteiger partial charge in [-0.1, -0.05) is 12.1 Å². The number of nitrogens with one attached hydrogen (secondary N) is 1. The summed E-state index contributed by atoms with van der Waals surface area (Å²) in [6.45, 7) is 2.60. The summed E-state index contributed by atoms with van der Waals surface area (Å²) in [6, 6.07) is 7.58. The number of rotatable bonds is 5. The second-order valence-electron chi connectivity index (χ2n) is 6.35. The molecule has 2 fully saturated rings. The summed E-state index contributed by atoms with van der Waals surface area (Å²) in [6.07, 6.45) is 2.35. The Labute approximate surface area is 142 Å². The minimum absolute atomic E-state index is 0.0249. The Bertz CT molecular complexity index is 579. The summed E-state index contributed by atoms with van der Waals surface area (Å²) in [7, 11) is 1.63. The van der Waals surface area contributed by atoms with Crippen LogP contribution in [0.2, 0.25) is 0 Å². The first-order chi connectivity index (χ1) is 11.7. The number of carbonyl (C=O) groups excluding carboxylic acids is 2. The summed E-state index contributed by atoms with van der Waals surface area (Å²) >= 11 is 0. The van der Waals surface area contributed by atoms with Crippen molar-refractivity contribution in [1.82, 2.24) is 10.2 Å². The van der Waals surface area contributed by atoms with Crippen LogP contribution in [0.15, 0.2) is 24.3 Å². The Morgan fingerprint density at radius 1 is 1.25 bits per heavy atom. The molecule has 1 amide bonds. The number of hydrogen-bond donors (Lipinski definition) is 1. The molecule has 0 bridgehead atoms. The number of cyclic esters (lactones) is 1. The first-order valence-corrected chi connectivity index (χ1v) is 8.48. The van der Waals surface area contributed by atoms with Crippen LogP contribution in [0.3, 0.4) is 0 Å². The van der Waals surface area contributed by atoms with Gasteiger partial charge in [0.05, 0.1) is 13.7 Å². The highest BCUT2D eigenvalue weighted by molar-refractivity contribution is 5.79. The molecule has 3 rings (SSSR count). The monoisotopic (exact) mass is 332 g/mol. The van der Waals surface area contributed by atoms with E-state index in [1.165, 1.54) is 0 Å². The maximum atomic E-state index is 12.3. The molecular weight excluding hydrogens is 308 g/mol. The fraction of sp³-hybridized carbons (Fsp3) is 0.556. The van der Waals surface area contributed by atoms with E-state index in [0.717, 1.165) is 43.7 Å². The number of nitrogens with zero attached hydrogens (tertiary/aromatic N) is 1. The van der Waals surface area contributed by atoms with Crippen LogP contribution in [0.25, 0.3) is 0 Å². The second-order valence-corrected chi connectivity index (χ2v) is 6.35. The zero-order valence-corrected chi connectivity index (χ0v) is 14.0. The van der Waals surface area contributed by atoms with Gasteiger partial charge in [-0.2, -0.15) is 0 Å². The number of piperidine rings is 1. The molecule has 1 N–H and O–H groups in total. The van der Waals surface area contributed by atoms with Gasteiger partial charge in [0.1, 0.15) is 11.8 Å². The van der Waals surface area contributed by atoms with Crippen molar-refractivity contribution in [2.75, 3.05) is 26.8 Å². The first-order valence-electron chi connectivity index (χ1n) is 8.48. The van der Waals surface area contributed by atoms with Crippen LogP contribution in [0.5, 0.6) is 5.75 Å². The highest BCUT2D eigenvalue weighted by Gasteiger charge is 2.35. The van der Waals surface area contributed by atoms with Crippen molar-refractivity contribution >= 4 is 11.9 Å². The molecule has 130 valence electrons. The van der Waals surface area contributed by atoms with Crippen molar-refractivity contribution in [2.45, 2.75) is 31.8 Å². The lowest BCUT2D eigenvalue weighted by Gasteiger charge is -2.33. The standard InChI is InChI=1S/C18H24N2O4/c1-23-15-4-2-13(3-5-15)12-19-17(21)14-6-9-20(10-7-14)16-8-11-24-18(16)22/h2-5,14,16H,6-12H2,1H3,(H,19,21). The number of esters is 1. The number of ether oxygens (including phenoxy) is 2. The molecule has 2 saturated heterocycles. The lowest BCUT2D eigenvalue weighted by molar-refractivity contribution is -0.142. The Balaban J connectivity index is 1.44. The van der Waals surface area contributed by atoms with E-state index in [0.29, 0.717) is 13.2 Å². The SMILES string of the molecule is COc1ccc(CNC(=O)C2CCN(C3CCOC3=O)CC2)cc1. The third-order valence-electron chi connectivity index (χ3n) is 4.87. The molecule has 1 unspecified atom stereocenters. The zero-order valence-electron chi connectivity index (χ0n) is 14.0. The number of hydrogen-bond acceptors (Lipinski definition) is 5. The van der Waals surface area contributed by atoms with Crippen molar-refractivity contribution in [3.8, 4) is 5.75 Å². The number of likely N-dealkylation sites (tertiary alicyclic amines) is 1. The van der Waals surface area contributed by atoms with E-state index < -0.39 is 0 Å². The average molecular weight is 332 g/mol. The van der Waals surface area contributed by atoms with E-state index >= 15 is 0 Å². The molecule has 2 aliphatic heterocycles. The van der Waals surface area contributed by atoms with E-state index in [1.807, 2.05) is 24.3 Å².